The summed E-state index contributed by atoms with van der Waals surface area (Å²) in [5.74, 6) is 0.328. The highest BCUT2D eigenvalue weighted by Gasteiger charge is 2.05. The molecule has 4 heteroatoms. The third-order valence-electron chi connectivity index (χ3n) is 2.35. The van der Waals surface area contributed by atoms with Crippen LogP contribution in [0.4, 0.5) is 10.1 Å². The summed E-state index contributed by atoms with van der Waals surface area (Å²) in [6.45, 7) is 2.48. The quantitative estimate of drug-likeness (QED) is 0.828. The standard InChI is InChI=1S/C13H13FN2O/c1-2-17-11-5-9(7-16-8-11)12-4-3-10(14)6-13(12)15/h3-8H,2,15H2,1H3. The van der Waals surface area contributed by atoms with Crippen molar-refractivity contribution in [3.05, 3.63) is 42.5 Å². The number of ether oxygens (including phenoxy) is 1. The van der Waals surface area contributed by atoms with Crippen LogP contribution in [0.5, 0.6) is 5.75 Å². The summed E-state index contributed by atoms with van der Waals surface area (Å²) in [7, 11) is 0. The highest BCUT2D eigenvalue weighted by molar-refractivity contribution is 5.76. The van der Waals surface area contributed by atoms with E-state index in [0.717, 1.165) is 11.1 Å². The monoisotopic (exact) mass is 232 g/mol. The van der Waals surface area contributed by atoms with Crippen LogP contribution in [0.3, 0.4) is 0 Å². The van der Waals surface area contributed by atoms with Crippen LogP contribution in [0.15, 0.2) is 36.7 Å². The fraction of sp³-hybridized carbons (Fsp3) is 0.154. The maximum absolute atomic E-state index is 12.9. The minimum atomic E-state index is -0.347. The number of anilines is 1. The molecule has 0 aliphatic heterocycles. The van der Waals surface area contributed by atoms with Crippen molar-refractivity contribution in [2.45, 2.75) is 6.92 Å². The molecular formula is C13H13FN2O. The normalized spacial score (nSPS) is 10.2. The maximum atomic E-state index is 12.9. The lowest BCUT2D eigenvalue weighted by Crippen LogP contribution is -1.95. The van der Waals surface area contributed by atoms with Crippen LogP contribution in [-0.2, 0) is 0 Å². The van der Waals surface area contributed by atoms with Gasteiger partial charge in [0.1, 0.15) is 11.6 Å². The fourth-order valence-corrected chi connectivity index (χ4v) is 1.61. The van der Waals surface area contributed by atoms with Gasteiger partial charge in [-0.2, -0.15) is 0 Å². The van der Waals surface area contributed by atoms with Crippen molar-refractivity contribution in [3.63, 3.8) is 0 Å². The van der Waals surface area contributed by atoms with Gasteiger partial charge in [0.05, 0.1) is 12.8 Å². The van der Waals surface area contributed by atoms with Crippen molar-refractivity contribution < 1.29 is 9.13 Å². The molecule has 0 atom stereocenters. The van der Waals surface area contributed by atoms with Gasteiger partial charge in [-0.1, -0.05) is 0 Å². The molecule has 0 aliphatic carbocycles. The zero-order valence-corrected chi connectivity index (χ0v) is 9.48. The second-order valence-corrected chi connectivity index (χ2v) is 3.57. The Morgan fingerprint density at radius 1 is 1.29 bits per heavy atom. The van der Waals surface area contributed by atoms with E-state index in [-0.39, 0.29) is 5.82 Å². The second kappa shape index (κ2) is 4.82. The van der Waals surface area contributed by atoms with Crippen molar-refractivity contribution in [1.82, 2.24) is 4.98 Å². The van der Waals surface area contributed by atoms with Crippen LogP contribution in [-0.4, -0.2) is 11.6 Å². The van der Waals surface area contributed by atoms with Gasteiger partial charge in [0.25, 0.3) is 0 Å². The molecule has 0 spiro atoms. The van der Waals surface area contributed by atoms with E-state index in [1.807, 2.05) is 13.0 Å². The molecule has 17 heavy (non-hydrogen) atoms. The van der Waals surface area contributed by atoms with E-state index in [9.17, 15) is 4.39 Å². The minimum Gasteiger partial charge on any atom is -0.492 e. The number of nitrogens with two attached hydrogens (primary N) is 1. The molecule has 0 fully saturated rings. The summed E-state index contributed by atoms with van der Waals surface area (Å²) in [4.78, 5) is 4.07. The van der Waals surface area contributed by atoms with Gasteiger partial charge in [0, 0.05) is 23.0 Å². The first-order valence-electron chi connectivity index (χ1n) is 5.34. The summed E-state index contributed by atoms with van der Waals surface area (Å²) >= 11 is 0. The lowest BCUT2D eigenvalue weighted by atomic mass is 10.1. The molecule has 0 aliphatic rings. The number of halogens is 1. The Hall–Kier alpha value is -2.10. The Morgan fingerprint density at radius 2 is 2.12 bits per heavy atom. The highest BCUT2D eigenvalue weighted by atomic mass is 19.1. The van der Waals surface area contributed by atoms with Crippen molar-refractivity contribution in [1.29, 1.82) is 0 Å². The van der Waals surface area contributed by atoms with E-state index in [1.54, 1.807) is 18.5 Å². The fourth-order valence-electron chi connectivity index (χ4n) is 1.61. The first kappa shape index (κ1) is 11.4. The Morgan fingerprint density at radius 3 is 2.82 bits per heavy atom. The van der Waals surface area contributed by atoms with Gasteiger partial charge >= 0.3 is 0 Å². The SMILES string of the molecule is CCOc1cncc(-c2ccc(F)cc2N)c1. The summed E-state index contributed by atoms with van der Waals surface area (Å²) in [6, 6.07) is 6.14. The number of pyridine rings is 1. The molecule has 0 saturated heterocycles. The predicted octanol–water partition coefficient (Wildman–Crippen LogP) is 2.87. The number of rotatable bonds is 3. The first-order chi connectivity index (χ1) is 8.20. The van der Waals surface area contributed by atoms with Crippen molar-refractivity contribution >= 4 is 5.69 Å². The molecule has 1 heterocycles. The Kier molecular flexibility index (Phi) is 3.23. The minimum absolute atomic E-state index is 0.347. The molecule has 0 amide bonds. The lowest BCUT2D eigenvalue weighted by Gasteiger charge is -2.08. The Bertz CT molecular complexity index is 529. The van der Waals surface area contributed by atoms with Crippen LogP contribution in [0.25, 0.3) is 11.1 Å². The molecule has 0 radical (unpaired) electrons. The predicted molar refractivity (Wildman–Crippen MR) is 65.2 cm³/mol. The molecule has 88 valence electrons. The molecule has 1 aromatic carbocycles. The Balaban J connectivity index is 2.42. The largest absolute Gasteiger partial charge is 0.492 e. The van der Waals surface area contributed by atoms with Gasteiger partial charge in [0.2, 0.25) is 0 Å². The van der Waals surface area contributed by atoms with E-state index >= 15 is 0 Å². The molecule has 1 aromatic heterocycles. The number of nitrogen functional groups attached to an aromatic ring is 1. The van der Waals surface area contributed by atoms with Gasteiger partial charge in [-0.05, 0) is 31.2 Å². The van der Waals surface area contributed by atoms with Crippen LogP contribution >= 0.6 is 0 Å². The molecule has 2 aromatic rings. The molecule has 0 unspecified atom stereocenters. The van der Waals surface area contributed by atoms with Gasteiger partial charge in [-0.3, -0.25) is 4.98 Å². The van der Waals surface area contributed by atoms with Gasteiger partial charge in [-0.25, -0.2) is 4.39 Å². The average Bonchev–Trinajstić information content (AvgIpc) is 2.29. The van der Waals surface area contributed by atoms with Gasteiger partial charge < -0.3 is 10.5 Å². The van der Waals surface area contributed by atoms with E-state index < -0.39 is 0 Å². The topological polar surface area (TPSA) is 48.1 Å². The summed E-state index contributed by atoms with van der Waals surface area (Å²) < 4.78 is 18.3. The van der Waals surface area contributed by atoms with Crippen molar-refractivity contribution in [2.75, 3.05) is 12.3 Å². The zero-order chi connectivity index (χ0) is 12.3. The molecule has 2 rings (SSSR count). The zero-order valence-electron chi connectivity index (χ0n) is 9.48. The van der Waals surface area contributed by atoms with Crippen molar-refractivity contribution in [3.8, 4) is 16.9 Å². The first-order valence-corrected chi connectivity index (χ1v) is 5.34. The molecular weight excluding hydrogens is 219 g/mol. The third-order valence-corrected chi connectivity index (χ3v) is 2.35. The second-order valence-electron chi connectivity index (χ2n) is 3.57. The van der Waals surface area contributed by atoms with Gasteiger partial charge in [0.15, 0.2) is 0 Å². The molecule has 0 bridgehead atoms. The number of benzene rings is 1. The van der Waals surface area contributed by atoms with Crippen LogP contribution < -0.4 is 10.5 Å². The van der Waals surface area contributed by atoms with Crippen LogP contribution in [0.1, 0.15) is 6.92 Å². The number of hydrogen-bond acceptors (Lipinski definition) is 3. The van der Waals surface area contributed by atoms with E-state index in [4.69, 9.17) is 10.5 Å². The van der Waals surface area contributed by atoms with Crippen molar-refractivity contribution in [2.24, 2.45) is 0 Å². The number of aromatic nitrogens is 1. The molecule has 2 N–H and O–H groups in total. The van der Waals surface area contributed by atoms with Gasteiger partial charge in [-0.15, -0.1) is 0 Å². The van der Waals surface area contributed by atoms with E-state index in [0.29, 0.717) is 18.0 Å². The summed E-state index contributed by atoms with van der Waals surface area (Å²) in [5, 5.41) is 0. The lowest BCUT2D eigenvalue weighted by molar-refractivity contribution is 0.339. The molecule has 0 saturated carbocycles. The number of hydrogen-bond donors (Lipinski definition) is 1. The van der Waals surface area contributed by atoms with Crippen LogP contribution in [0, 0.1) is 5.82 Å². The highest BCUT2D eigenvalue weighted by Crippen LogP contribution is 2.28. The smallest absolute Gasteiger partial charge is 0.138 e. The van der Waals surface area contributed by atoms with E-state index in [1.165, 1.54) is 12.1 Å². The average molecular weight is 232 g/mol. The summed E-state index contributed by atoms with van der Waals surface area (Å²) in [6.07, 6.45) is 3.30. The van der Waals surface area contributed by atoms with E-state index in [2.05, 4.69) is 4.98 Å². The summed E-state index contributed by atoms with van der Waals surface area (Å²) in [5.41, 5.74) is 7.72. The Labute approximate surface area is 99.1 Å². The van der Waals surface area contributed by atoms with Crippen LogP contribution in [0.2, 0.25) is 0 Å². The molecule has 3 nitrogen and oxygen atoms in total. The maximum Gasteiger partial charge on any atom is 0.138 e. The third kappa shape index (κ3) is 2.53. The number of nitrogens with zero attached hydrogens (tertiary/aromatic N) is 1.